The van der Waals surface area contributed by atoms with Crippen LogP contribution in [0.1, 0.15) is 27.8 Å². The summed E-state index contributed by atoms with van der Waals surface area (Å²) < 4.78 is 20.5. The van der Waals surface area contributed by atoms with E-state index in [0.29, 0.717) is 29.0 Å². The Morgan fingerprint density at radius 1 is 1.26 bits per heavy atom. The highest BCUT2D eigenvalue weighted by Crippen LogP contribution is 2.21. The van der Waals surface area contributed by atoms with Gasteiger partial charge in [0.1, 0.15) is 23.4 Å². The molecule has 0 saturated carbocycles. The Hall–Kier alpha value is -3.48. The number of halogens is 1. The Labute approximate surface area is 155 Å². The zero-order chi connectivity index (χ0) is 19.2. The van der Waals surface area contributed by atoms with Gasteiger partial charge in [-0.1, -0.05) is 24.3 Å². The van der Waals surface area contributed by atoms with Crippen molar-refractivity contribution in [2.24, 2.45) is 7.05 Å². The van der Waals surface area contributed by atoms with Gasteiger partial charge in [0.05, 0.1) is 5.56 Å². The third kappa shape index (κ3) is 4.38. The molecule has 6 nitrogen and oxygen atoms in total. The molecule has 0 aliphatic heterocycles. The van der Waals surface area contributed by atoms with Gasteiger partial charge in [-0.25, -0.2) is 9.37 Å². The van der Waals surface area contributed by atoms with Crippen LogP contribution in [0, 0.1) is 5.82 Å². The fourth-order valence-corrected chi connectivity index (χ4v) is 2.66. The molecule has 2 aromatic carbocycles. The van der Waals surface area contributed by atoms with E-state index in [9.17, 15) is 14.0 Å². The Balaban J connectivity index is 1.76. The maximum Gasteiger partial charge on any atom is 0.258 e. The van der Waals surface area contributed by atoms with Crippen LogP contribution in [0.2, 0.25) is 0 Å². The second kappa shape index (κ2) is 8.27. The number of imidazole rings is 1. The number of aldehydes is 1. The van der Waals surface area contributed by atoms with Gasteiger partial charge < -0.3 is 14.6 Å². The van der Waals surface area contributed by atoms with E-state index in [0.717, 1.165) is 0 Å². The molecule has 0 fully saturated rings. The normalized spacial score (nSPS) is 11.6. The minimum absolute atomic E-state index is 0.271. The summed E-state index contributed by atoms with van der Waals surface area (Å²) in [4.78, 5) is 27.8. The van der Waals surface area contributed by atoms with Gasteiger partial charge in [-0.15, -0.1) is 0 Å². The first-order valence-electron chi connectivity index (χ1n) is 8.27. The quantitative estimate of drug-likeness (QED) is 0.652. The summed E-state index contributed by atoms with van der Waals surface area (Å²) in [6.07, 6.45) is 4.05. The monoisotopic (exact) mass is 367 g/mol. The maximum atomic E-state index is 13.3. The van der Waals surface area contributed by atoms with Crippen LogP contribution in [0.15, 0.2) is 60.9 Å². The summed E-state index contributed by atoms with van der Waals surface area (Å²) >= 11 is 0. The highest BCUT2D eigenvalue weighted by atomic mass is 19.1. The number of nitrogens with one attached hydrogen (secondary N) is 1. The maximum absolute atomic E-state index is 13.3. The van der Waals surface area contributed by atoms with Crippen LogP contribution in [0.3, 0.4) is 0 Å². The second-order valence-corrected chi connectivity index (χ2v) is 5.89. The number of rotatable bonds is 7. The molecule has 1 atom stereocenters. The Morgan fingerprint density at radius 2 is 2.00 bits per heavy atom. The number of aryl methyl sites for hydroxylation is 1. The molecule has 1 N–H and O–H groups in total. The van der Waals surface area contributed by atoms with E-state index in [2.05, 4.69) is 10.3 Å². The molecular weight excluding hydrogens is 349 g/mol. The van der Waals surface area contributed by atoms with Crippen LogP contribution in [-0.4, -0.2) is 28.4 Å². The van der Waals surface area contributed by atoms with Crippen molar-refractivity contribution in [3.63, 3.8) is 0 Å². The molecule has 1 unspecified atom stereocenters. The lowest BCUT2D eigenvalue weighted by Gasteiger charge is -2.19. The van der Waals surface area contributed by atoms with E-state index in [4.69, 9.17) is 4.74 Å². The number of amides is 1. The molecule has 27 heavy (non-hydrogen) atoms. The summed E-state index contributed by atoms with van der Waals surface area (Å²) in [6.45, 7) is -0.271. The van der Waals surface area contributed by atoms with Crippen molar-refractivity contribution in [2.45, 2.75) is 6.04 Å². The molecule has 0 aliphatic rings. The molecule has 0 aliphatic carbocycles. The first kappa shape index (κ1) is 18.3. The van der Waals surface area contributed by atoms with Crippen molar-refractivity contribution in [2.75, 3.05) is 6.61 Å². The molecule has 3 rings (SSSR count). The van der Waals surface area contributed by atoms with Crippen LogP contribution < -0.4 is 10.1 Å². The largest absolute Gasteiger partial charge is 0.483 e. The van der Waals surface area contributed by atoms with Gasteiger partial charge in [-0.05, 0) is 29.8 Å². The Kier molecular flexibility index (Phi) is 5.61. The summed E-state index contributed by atoms with van der Waals surface area (Å²) in [5.74, 6) is 0.173. The van der Waals surface area contributed by atoms with Gasteiger partial charge in [-0.2, -0.15) is 0 Å². The van der Waals surface area contributed by atoms with Crippen LogP contribution >= 0.6 is 0 Å². The average molecular weight is 367 g/mol. The third-order valence-corrected chi connectivity index (χ3v) is 4.03. The van der Waals surface area contributed by atoms with E-state index in [1.807, 2.05) is 7.05 Å². The molecule has 1 amide bonds. The summed E-state index contributed by atoms with van der Waals surface area (Å²) in [7, 11) is 1.81. The number of hydrogen-bond donors (Lipinski definition) is 1. The van der Waals surface area contributed by atoms with E-state index >= 15 is 0 Å². The lowest BCUT2D eigenvalue weighted by Crippen LogP contribution is -2.34. The number of ether oxygens (including phenoxy) is 1. The van der Waals surface area contributed by atoms with Crippen molar-refractivity contribution < 1.29 is 18.7 Å². The van der Waals surface area contributed by atoms with Crippen LogP contribution in [0.4, 0.5) is 4.39 Å². The van der Waals surface area contributed by atoms with Crippen LogP contribution in [-0.2, 0) is 11.8 Å². The van der Waals surface area contributed by atoms with Crippen molar-refractivity contribution in [3.05, 3.63) is 83.7 Å². The predicted molar refractivity (Wildman–Crippen MR) is 96.9 cm³/mol. The fourth-order valence-electron chi connectivity index (χ4n) is 2.66. The van der Waals surface area contributed by atoms with Crippen molar-refractivity contribution >= 4 is 12.2 Å². The van der Waals surface area contributed by atoms with E-state index in [1.54, 1.807) is 53.4 Å². The lowest BCUT2D eigenvalue weighted by molar-refractivity contribution is -0.123. The molecule has 0 radical (unpaired) electrons. The SMILES string of the molecule is Cn1ccnc1C(NC(=O)COc1ccccc1C=O)c1ccc(F)cc1. The summed E-state index contributed by atoms with van der Waals surface area (Å²) in [6, 6.07) is 11.9. The smallest absolute Gasteiger partial charge is 0.258 e. The number of benzene rings is 2. The van der Waals surface area contributed by atoms with Crippen LogP contribution in [0.5, 0.6) is 5.75 Å². The molecule has 138 valence electrons. The topological polar surface area (TPSA) is 73.2 Å². The summed E-state index contributed by atoms with van der Waals surface area (Å²) in [5, 5.41) is 2.85. The number of nitrogens with zero attached hydrogens (tertiary/aromatic N) is 2. The van der Waals surface area contributed by atoms with E-state index in [-0.39, 0.29) is 12.4 Å². The van der Waals surface area contributed by atoms with E-state index < -0.39 is 11.9 Å². The minimum Gasteiger partial charge on any atom is -0.483 e. The molecule has 0 bridgehead atoms. The zero-order valence-electron chi connectivity index (χ0n) is 14.6. The molecule has 0 saturated heterocycles. The van der Waals surface area contributed by atoms with Gasteiger partial charge >= 0.3 is 0 Å². The molecule has 1 aromatic heterocycles. The average Bonchev–Trinajstić information content (AvgIpc) is 3.11. The molecule has 3 aromatic rings. The highest BCUT2D eigenvalue weighted by Gasteiger charge is 2.21. The minimum atomic E-state index is -0.567. The number of para-hydroxylation sites is 1. The molecule has 7 heteroatoms. The second-order valence-electron chi connectivity index (χ2n) is 5.89. The standard InChI is InChI=1S/C20H18FN3O3/c1-24-11-10-22-20(24)19(14-6-8-16(21)9-7-14)23-18(26)13-27-17-5-3-2-4-15(17)12-25/h2-12,19H,13H2,1H3,(H,23,26). The highest BCUT2D eigenvalue weighted by molar-refractivity contribution is 5.81. The lowest BCUT2D eigenvalue weighted by atomic mass is 10.1. The first-order chi connectivity index (χ1) is 13.1. The third-order valence-electron chi connectivity index (χ3n) is 4.03. The predicted octanol–water partition coefficient (Wildman–Crippen LogP) is 2.66. The van der Waals surface area contributed by atoms with Gasteiger partial charge in [0.2, 0.25) is 0 Å². The zero-order valence-corrected chi connectivity index (χ0v) is 14.6. The van der Waals surface area contributed by atoms with Gasteiger partial charge in [0.15, 0.2) is 12.9 Å². The van der Waals surface area contributed by atoms with Crippen molar-refractivity contribution in [1.82, 2.24) is 14.9 Å². The Morgan fingerprint density at radius 3 is 2.67 bits per heavy atom. The number of carbonyl (C=O) groups is 2. The molecule has 1 heterocycles. The van der Waals surface area contributed by atoms with Crippen LogP contribution in [0.25, 0.3) is 0 Å². The van der Waals surface area contributed by atoms with E-state index in [1.165, 1.54) is 12.1 Å². The first-order valence-corrected chi connectivity index (χ1v) is 8.27. The van der Waals surface area contributed by atoms with Crippen molar-refractivity contribution in [1.29, 1.82) is 0 Å². The number of hydrogen-bond acceptors (Lipinski definition) is 4. The number of aromatic nitrogens is 2. The van der Waals surface area contributed by atoms with Crippen molar-refractivity contribution in [3.8, 4) is 5.75 Å². The Bertz CT molecular complexity index is 938. The number of carbonyl (C=O) groups excluding carboxylic acids is 2. The van der Waals surface area contributed by atoms with Gasteiger partial charge in [-0.3, -0.25) is 9.59 Å². The van der Waals surface area contributed by atoms with Gasteiger partial charge in [0, 0.05) is 19.4 Å². The van der Waals surface area contributed by atoms with Gasteiger partial charge in [0.25, 0.3) is 5.91 Å². The molecule has 0 spiro atoms. The molecular formula is C20H18FN3O3. The fraction of sp³-hybridized carbons (Fsp3) is 0.150. The summed E-state index contributed by atoms with van der Waals surface area (Å²) in [5.41, 5.74) is 1.05.